The van der Waals surface area contributed by atoms with E-state index in [0.717, 1.165) is 0 Å². The Morgan fingerprint density at radius 2 is 2.38 bits per heavy atom. The van der Waals surface area contributed by atoms with Gasteiger partial charge < -0.3 is 0 Å². The van der Waals surface area contributed by atoms with E-state index in [4.69, 9.17) is 16.9 Å². The second-order valence-electron chi connectivity index (χ2n) is 2.88. The number of nitro benzene ring substituents is 1. The van der Waals surface area contributed by atoms with Crippen molar-refractivity contribution in [3.05, 3.63) is 44.5 Å². The third-order valence-electron chi connectivity index (χ3n) is 1.80. The summed E-state index contributed by atoms with van der Waals surface area (Å²) in [5.74, 6) is 0. The van der Waals surface area contributed by atoms with Gasteiger partial charge in [-0.15, -0.1) is 0 Å². The summed E-state index contributed by atoms with van der Waals surface area (Å²) in [6.07, 6.45) is 1.44. The van der Waals surface area contributed by atoms with Crippen LogP contribution in [-0.4, -0.2) is 10.3 Å². The lowest BCUT2D eigenvalue weighted by molar-refractivity contribution is -0.385. The van der Waals surface area contributed by atoms with Crippen molar-refractivity contribution < 1.29 is 4.92 Å². The molecule has 1 aromatic carbocycles. The largest absolute Gasteiger partial charge is 0.276 e. The average molecular weight is 302 g/mol. The first-order valence-corrected chi connectivity index (χ1v) is 5.69. The first kappa shape index (κ1) is 12.7. The van der Waals surface area contributed by atoms with Crippen LogP contribution >= 0.6 is 27.5 Å². The van der Waals surface area contributed by atoms with E-state index in [9.17, 15) is 10.1 Å². The molecule has 0 radical (unpaired) electrons. The number of halogens is 2. The van der Waals surface area contributed by atoms with Crippen LogP contribution in [0.3, 0.4) is 0 Å². The van der Waals surface area contributed by atoms with E-state index in [1.54, 1.807) is 0 Å². The summed E-state index contributed by atoms with van der Waals surface area (Å²) in [5, 5.41) is 20.2. The number of allylic oxidation sites excluding steroid dienone is 1. The van der Waals surface area contributed by atoms with Crippen LogP contribution in [0.2, 0.25) is 5.02 Å². The molecule has 1 rings (SSSR count). The van der Waals surface area contributed by atoms with Gasteiger partial charge in [-0.25, -0.2) is 0 Å². The Morgan fingerprint density at radius 3 is 2.88 bits per heavy atom. The topological polar surface area (TPSA) is 66.9 Å². The molecule has 0 N–H and O–H groups in total. The van der Waals surface area contributed by atoms with E-state index in [1.165, 1.54) is 24.3 Å². The summed E-state index contributed by atoms with van der Waals surface area (Å²) in [6, 6.07) is 6.15. The van der Waals surface area contributed by atoms with E-state index >= 15 is 0 Å². The standard InChI is InChI=1S/C10H6BrClN2O2/c11-5-7(6-13)3-8-4-9(12)1-2-10(8)14(15)16/h1-4H,5H2/b7-3+. The number of benzene rings is 1. The zero-order chi connectivity index (χ0) is 12.1. The Bertz CT molecular complexity index is 494. The highest BCUT2D eigenvalue weighted by atomic mass is 79.9. The number of rotatable bonds is 3. The monoisotopic (exact) mass is 300 g/mol. The molecule has 0 atom stereocenters. The van der Waals surface area contributed by atoms with Crippen LogP contribution in [0.25, 0.3) is 6.08 Å². The molecule has 0 aliphatic rings. The second-order valence-corrected chi connectivity index (χ2v) is 3.87. The quantitative estimate of drug-likeness (QED) is 0.371. The molecular formula is C10H6BrClN2O2. The number of nitriles is 1. The molecule has 0 amide bonds. The van der Waals surface area contributed by atoms with Crippen LogP contribution in [0.4, 0.5) is 5.69 Å². The molecule has 16 heavy (non-hydrogen) atoms. The van der Waals surface area contributed by atoms with E-state index in [0.29, 0.717) is 21.5 Å². The summed E-state index contributed by atoms with van der Waals surface area (Å²) in [4.78, 5) is 10.2. The highest BCUT2D eigenvalue weighted by Crippen LogP contribution is 2.25. The third kappa shape index (κ3) is 3.05. The lowest BCUT2D eigenvalue weighted by atomic mass is 10.1. The van der Waals surface area contributed by atoms with Gasteiger partial charge in [0.2, 0.25) is 0 Å². The lowest BCUT2D eigenvalue weighted by Gasteiger charge is -1.99. The van der Waals surface area contributed by atoms with Gasteiger partial charge in [-0.1, -0.05) is 27.5 Å². The molecule has 0 aliphatic carbocycles. The lowest BCUT2D eigenvalue weighted by Crippen LogP contribution is -1.92. The van der Waals surface area contributed by atoms with Crippen molar-refractivity contribution in [2.45, 2.75) is 0 Å². The maximum atomic E-state index is 10.7. The van der Waals surface area contributed by atoms with Gasteiger partial charge >= 0.3 is 0 Å². The Morgan fingerprint density at radius 1 is 1.69 bits per heavy atom. The van der Waals surface area contributed by atoms with Crippen molar-refractivity contribution >= 4 is 39.3 Å². The van der Waals surface area contributed by atoms with Gasteiger partial charge in [-0.05, 0) is 18.2 Å². The van der Waals surface area contributed by atoms with Gasteiger partial charge in [0, 0.05) is 22.0 Å². The summed E-state index contributed by atoms with van der Waals surface area (Å²) < 4.78 is 0. The van der Waals surface area contributed by atoms with E-state index in [-0.39, 0.29) is 5.69 Å². The zero-order valence-electron chi connectivity index (χ0n) is 7.98. The van der Waals surface area contributed by atoms with Gasteiger partial charge in [0.15, 0.2) is 0 Å². The van der Waals surface area contributed by atoms with Gasteiger partial charge in [0.25, 0.3) is 5.69 Å². The summed E-state index contributed by atoms with van der Waals surface area (Å²) in [6.45, 7) is 0. The number of hydrogen-bond donors (Lipinski definition) is 0. The van der Waals surface area contributed by atoms with Gasteiger partial charge in [-0.2, -0.15) is 5.26 Å². The minimum atomic E-state index is -0.509. The summed E-state index contributed by atoms with van der Waals surface area (Å²) in [7, 11) is 0. The van der Waals surface area contributed by atoms with Crippen molar-refractivity contribution in [1.82, 2.24) is 0 Å². The highest BCUT2D eigenvalue weighted by Gasteiger charge is 2.12. The third-order valence-corrected chi connectivity index (χ3v) is 2.64. The summed E-state index contributed by atoms with van der Waals surface area (Å²) >= 11 is 8.86. The Kier molecular flexibility index (Phi) is 4.47. The minimum absolute atomic E-state index is 0.0712. The van der Waals surface area contributed by atoms with Crippen LogP contribution in [-0.2, 0) is 0 Å². The molecule has 0 bridgehead atoms. The van der Waals surface area contributed by atoms with Crippen molar-refractivity contribution in [1.29, 1.82) is 5.26 Å². The highest BCUT2D eigenvalue weighted by molar-refractivity contribution is 9.09. The molecule has 0 fully saturated rings. The number of nitro groups is 1. The molecule has 0 unspecified atom stereocenters. The Balaban J connectivity index is 3.31. The molecule has 0 aliphatic heterocycles. The van der Waals surface area contributed by atoms with E-state index in [2.05, 4.69) is 15.9 Å². The fourth-order valence-corrected chi connectivity index (χ4v) is 1.56. The average Bonchev–Trinajstić information content (AvgIpc) is 2.25. The van der Waals surface area contributed by atoms with E-state index < -0.39 is 4.92 Å². The molecule has 4 nitrogen and oxygen atoms in total. The first-order valence-electron chi connectivity index (χ1n) is 4.19. The predicted molar refractivity (Wildman–Crippen MR) is 65.5 cm³/mol. The minimum Gasteiger partial charge on any atom is -0.258 e. The van der Waals surface area contributed by atoms with Crippen LogP contribution in [0.5, 0.6) is 0 Å². The molecule has 0 aromatic heterocycles. The molecule has 0 heterocycles. The summed E-state index contributed by atoms with van der Waals surface area (Å²) in [5.41, 5.74) is 0.650. The van der Waals surface area contributed by atoms with Gasteiger partial charge in [0.05, 0.1) is 16.6 Å². The van der Waals surface area contributed by atoms with E-state index in [1.807, 2.05) is 6.07 Å². The predicted octanol–water partition coefficient (Wildman–Crippen LogP) is 3.55. The van der Waals surface area contributed by atoms with Crippen LogP contribution in [0, 0.1) is 21.4 Å². The number of nitrogens with zero attached hydrogens (tertiary/aromatic N) is 2. The van der Waals surface area contributed by atoms with Crippen molar-refractivity contribution in [3.8, 4) is 6.07 Å². The van der Waals surface area contributed by atoms with Crippen LogP contribution in [0.1, 0.15) is 5.56 Å². The van der Waals surface area contributed by atoms with Crippen LogP contribution in [0.15, 0.2) is 23.8 Å². The molecular weight excluding hydrogens is 295 g/mol. The Labute approximate surface area is 105 Å². The van der Waals surface area contributed by atoms with Crippen LogP contribution < -0.4 is 0 Å². The fourth-order valence-electron chi connectivity index (χ4n) is 1.10. The smallest absolute Gasteiger partial charge is 0.258 e. The molecule has 1 aromatic rings. The fraction of sp³-hybridized carbons (Fsp3) is 0.100. The normalized spacial score (nSPS) is 10.9. The van der Waals surface area contributed by atoms with Gasteiger partial charge in [0.1, 0.15) is 0 Å². The molecule has 0 spiro atoms. The molecule has 0 saturated carbocycles. The second kappa shape index (κ2) is 5.64. The molecule has 0 saturated heterocycles. The SMILES string of the molecule is N#C/C(=C/c1cc(Cl)ccc1[N+](=O)[O-])CBr. The maximum Gasteiger partial charge on any atom is 0.276 e. The molecule has 82 valence electrons. The van der Waals surface area contributed by atoms with Crippen molar-refractivity contribution in [2.75, 3.05) is 5.33 Å². The number of alkyl halides is 1. The Hall–Kier alpha value is -1.38. The van der Waals surface area contributed by atoms with Crippen molar-refractivity contribution in [3.63, 3.8) is 0 Å². The zero-order valence-corrected chi connectivity index (χ0v) is 10.3. The number of hydrogen-bond acceptors (Lipinski definition) is 3. The first-order chi connectivity index (χ1) is 7.58. The molecule has 6 heteroatoms. The maximum absolute atomic E-state index is 10.7. The van der Waals surface area contributed by atoms with Gasteiger partial charge in [-0.3, -0.25) is 10.1 Å². The van der Waals surface area contributed by atoms with Crippen molar-refractivity contribution in [2.24, 2.45) is 0 Å².